The lowest BCUT2D eigenvalue weighted by molar-refractivity contribution is -0.115. The highest BCUT2D eigenvalue weighted by atomic mass is 32.2. The molecule has 0 fully saturated rings. The number of aryl methyl sites for hydroxylation is 3. The number of carbonyl (C=O) groups excluding carboxylic acids is 1. The normalized spacial score (nSPS) is 11.2. The molecule has 0 atom stereocenters. The van der Waals surface area contributed by atoms with Gasteiger partial charge in [-0.3, -0.25) is 4.79 Å². The van der Waals surface area contributed by atoms with Gasteiger partial charge in [0.15, 0.2) is 5.82 Å². The minimum Gasteiger partial charge on any atom is -0.326 e. The molecule has 12 heteroatoms. The van der Waals surface area contributed by atoms with Crippen molar-refractivity contribution >= 4 is 29.1 Å². The number of anilines is 1. The fourth-order valence-electron chi connectivity index (χ4n) is 3.11. The molecular weight excluding hydrogens is 409 g/mol. The second-order valence-electron chi connectivity index (χ2n) is 6.60. The first-order valence-electron chi connectivity index (χ1n) is 8.99. The van der Waals surface area contributed by atoms with E-state index in [1.54, 1.807) is 11.4 Å². The molecule has 4 rings (SSSR count). The van der Waals surface area contributed by atoms with Gasteiger partial charge in [0.2, 0.25) is 11.1 Å². The number of benzene rings is 1. The van der Waals surface area contributed by atoms with Crippen LogP contribution in [0.25, 0.3) is 11.5 Å². The molecule has 10 nitrogen and oxygen atoms in total. The molecule has 30 heavy (non-hydrogen) atoms. The minimum absolute atomic E-state index is 0.0890. The predicted molar refractivity (Wildman–Crippen MR) is 108 cm³/mol. The summed E-state index contributed by atoms with van der Waals surface area (Å²) in [5.74, 6) is 0.165. The van der Waals surface area contributed by atoms with Crippen LogP contribution in [0.5, 0.6) is 0 Å². The Bertz CT molecular complexity index is 1270. The van der Waals surface area contributed by atoms with Crippen molar-refractivity contribution in [3.8, 4) is 5.69 Å². The molecule has 1 aromatic carbocycles. The fraction of sp³-hybridized carbons (Fsp3) is 0.278. The zero-order valence-electron chi connectivity index (χ0n) is 16.7. The second-order valence-corrected chi connectivity index (χ2v) is 7.37. The van der Waals surface area contributed by atoms with Gasteiger partial charge >= 0.3 is 0 Å². The molecule has 1 N–H and O–H groups in total. The summed E-state index contributed by atoms with van der Waals surface area (Å²) in [5.41, 5.74) is 2.85. The highest BCUT2D eigenvalue weighted by molar-refractivity contribution is 7.98. The molecule has 3 heterocycles. The highest BCUT2D eigenvalue weighted by Gasteiger charge is 2.17. The van der Waals surface area contributed by atoms with E-state index in [0.717, 1.165) is 11.3 Å². The third-order valence-corrected chi connectivity index (χ3v) is 5.17. The van der Waals surface area contributed by atoms with Gasteiger partial charge in [0.1, 0.15) is 11.5 Å². The Morgan fingerprint density at radius 3 is 2.73 bits per heavy atom. The van der Waals surface area contributed by atoms with Crippen LogP contribution in [-0.2, 0) is 11.2 Å². The van der Waals surface area contributed by atoms with Crippen LogP contribution in [-0.4, -0.2) is 52.0 Å². The van der Waals surface area contributed by atoms with E-state index < -0.39 is 5.82 Å². The van der Waals surface area contributed by atoms with Crippen molar-refractivity contribution in [2.45, 2.75) is 32.3 Å². The van der Waals surface area contributed by atoms with E-state index >= 15 is 0 Å². The summed E-state index contributed by atoms with van der Waals surface area (Å²) < 4.78 is 17.1. The van der Waals surface area contributed by atoms with E-state index in [0.29, 0.717) is 28.1 Å². The molecule has 0 aliphatic carbocycles. The Morgan fingerprint density at radius 1 is 1.23 bits per heavy atom. The van der Waals surface area contributed by atoms with Crippen LogP contribution in [0.3, 0.4) is 0 Å². The van der Waals surface area contributed by atoms with Gasteiger partial charge in [-0.25, -0.2) is 13.9 Å². The largest absolute Gasteiger partial charge is 0.326 e. The van der Waals surface area contributed by atoms with Crippen LogP contribution in [0, 0.1) is 26.6 Å². The molecule has 3 aromatic heterocycles. The zero-order chi connectivity index (χ0) is 21.4. The van der Waals surface area contributed by atoms with Gasteiger partial charge in [-0.15, -0.1) is 10.2 Å². The van der Waals surface area contributed by atoms with E-state index in [2.05, 4.69) is 35.9 Å². The molecule has 0 bridgehead atoms. The van der Waals surface area contributed by atoms with E-state index in [1.165, 1.54) is 34.6 Å². The molecule has 0 aliphatic heterocycles. The second kappa shape index (κ2) is 7.78. The Kier molecular flexibility index (Phi) is 5.16. The van der Waals surface area contributed by atoms with Gasteiger partial charge in [0.25, 0.3) is 5.78 Å². The topological polar surface area (TPSA) is 116 Å². The number of tetrazole rings is 1. The Labute approximate surface area is 174 Å². The molecule has 0 unspecified atom stereocenters. The maximum Gasteiger partial charge on any atom is 0.253 e. The summed E-state index contributed by atoms with van der Waals surface area (Å²) >= 11 is 1.42. The molecule has 0 spiro atoms. The number of nitrogens with one attached hydrogen (secondary N) is 1. The molecule has 0 aliphatic rings. The van der Waals surface area contributed by atoms with Crippen molar-refractivity contribution in [3.63, 3.8) is 0 Å². The number of thioether (sulfide) groups is 1. The summed E-state index contributed by atoms with van der Waals surface area (Å²) in [6, 6.07) is 4.23. The number of nitrogens with zero attached hydrogens (tertiary/aromatic N) is 8. The maximum absolute atomic E-state index is 14.2. The third kappa shape index (κ3) is 3.61. The molecular formula is C18H18FN9OS. The van der Waals surface area contributed by atoms with Gasteiger partial charge in [0, 0.05) is 22.6 Å². The number of rotatable bonds is 5. The first-order valence-corrected chi connectivity index (χ1v) is 10.2. The molecule has 4 aromatic rings. The van der Waals surface area contributed by atoms with E-state index in [-0.39, 0.29) is 18.0 Å². The summed E-state index contributed by atoms with van der Waals surface area (Å²) in [6.45, 7) is 5.37. The van der Waals surface area contributed by atoms with Crippen molar-refractivity contribution < 1.29 is 9.18 Å². The highest BCUT2D eigenvalue weighted by Crippen LogP contribution is 2.21. The molecule has 0 saturated carbocycles. The van der Waals surface area contributed by atoms with Gasteiger partial charge in [-0.05, 0) is 55.7 Å². The van der Waals surface area contributed by atoms with Crippen LogP contribution >= 0.6 is 11.8 Å². The SMILES string of the molecule is CSc1nc2nc(C)c(CC(=O)Nc3ccc(F)c(-n4nnnc4C)c3)c(C)n2n1. The Hall–Kier alpha value is -3.41. The van der Waals surface area contributed by atoms with Gasteiger partial charge < -0.3 is 5.32 Å². The molecule has 154 valence electrons. The number of fused-ring (bicyclic) bond motifs is 1. The van der Waals surface area contributed by atoms with Crippen LogP contribution in [0.15, 0.2) is 23.4 Å². The molecule has 0 saturated heterocycles. The van der Waals surface area contributed by atoms with Crippen molar-refractivity contribution in [1.82, 2.24) is 39.8 Å². The summed E-state index contributed by atoms with van der Waals surface area (Å²) in [5, 5.41) is 18.9. The Balaban J connectivity index is 1.59. The van der Waals surface area contributed by atoms with Crippen molar-refractivity contribution in [2.24, 2.45) is 0 Å². The van der Waals surface area contributed by atoms with Crippen LogP contribution in [0.1, 0.15) is 22.8 Å². The standard InChI is InChI=1S/C18H18FN9OS/c1-9-13(10(2)27-17(20-9)22-18(24-27)30-4)8-16(29)21-12-5-6-14(19)15(7-12)28-11(3)23-25-26-28/h5-7H,8H2,1-4H3,(H,21,29). The van der Waals surface area contributed by atoms with E-state index in [9.17, 15) is 9.18 Å². The quantitative estimate of drug-likeness (QED) is 0.481. The average Bonchev–Trinajstić information content (AvgIpc) is 3.32. The number of aromatic nitrogens is 8. The van der Waals surface area contributed by atoms with Crippen LogP contribution in [0.4, 0.5) is 10.1 Å². The zero-order valence-corrected chi connectivity index (χ0v) is 17.5. The van der Waals surface area contributed by atoms with E-state index in [1.807, 2.05) is 20.1 Å². The smallest absolute Gasteiger partial charge is 0.253 e. The minimum atomic E-state index is -0.500. The number of hydrogen-bond donors (Lipinski definition) is 1. The first kappa shape index (κ1) is 19.9. The van der Waals surface area contributed by atoms with Gasteiger partial charge in [0.05, 0.1) is 6.42 Å². The Morgan fingerprint density at radius 2 is 2.03 bits per heavy atom. The summed E-state index contributed by atoms with van der Waals surface area (Å²) in [4.78, 5) is 21.5. The van der Waals surface area contributed by atoms with Crippen molar-refractivity contribution in [1.29, 1.82) is 0 Å². The van der Waals surface area contributed by atoms with Gasteiger partial charge in [-0.1, -0.05) is 11.8 Å². The van der Waals surface area contributed by atoms with E-state index in [4.69, 9.17) is 0 Å². The number of carbonyl (C=O) groups is 1. The fourth-order valence-corrected chi connectivity index (χ4v) is 3.44. The van der Waals surface area contributed by atoms with Crippen LogP contribution < -0.4 is 5.32 Å². The van der Waals surface area contributed by atoms with Crippen molar-refractivity contribution in [2.75, 3.05) is 11.6 Å². The lowest BCUT2D eigenvalue weighted by Gasteiger charge is -2.12. The number of halogens is 1. The molecule has 1 amide bonds. The maximum atomic E-state index is 14.2. The monoisotopic (exact) mass is 427 g/mol. The first-order chi connectivity index (χ1) is 14.4. The number of hydrogen-bond acceptors (Lipinski definition) is 8. The average molecular weight is 427 g/mol. The summed E-state index contributed by atoms with van der Waals surface area (Å²) in [7, 11) is 0. The molecule has 0 radical (unpaired) electrons. The predicted octanol–water partition coefficient (Wildman–Crippen LogP) is 2.07. The van der Waals surface area contributed by atoms with Crippen molar-refractivity contribution in [3.05, 3.63) is 46.8 Å². The summed E-state index contributed by atoms with van der Waals surface area (Å²) in [6.07, 6.45) is 1.98. The third-order valence-electron chi connectivity index (χ3n) is 4.63. The van der Waals surface area contributed by atoms with Crippen LogP contribution in [0.2, 0.25) is 0 Å². The number of amides is 1. The lowest BCUT2D eigenvalue weighted by Crippen LogP contribution is -2.18. The lowest BCUT2D eigenvalue weighted by atomic mass is 10.1. The van der Waals surface area contributed by atoms with Gasteiger partial charge in [-0.2, -0.15) is 9.67 Å².